The lowest BCUT2D eigenvalue weighted by Crippen LogP contribution is -2.56. The lowest BCUT2D eigenvalue weighted by molar-refractivity contribution is -0.164. The number of carbonyl (C=O) groups is 1. The smallest absolute Gasteiger partial charge is 0.227 e. The van der Waals surface area contributed by atoms with Gasteiger partial charge in [0.05, 0.1) is 6.61 Å². The summed E-state index contributed by atoms with van der Waals surface area (Å²) in [6.45, 7) is 11.0. The molecule has 0 bridgehead atoms. The van der Waals surface area contributed by atoms with Crippen LogP contribution < -0.4 is 0 Å². The molecular weight excluding hydrogens is 394 g/mol. The molecule has 2 aliphatic heterocycles. The monoisotopic (exact) mass is 427 g/mol. The minimum Gasteiger partial charge on any atom is -0.365 e. The Kier molecular flexibility index (Phi) is 6.28. The Morgan fingerprint density at radius 2 is 1.93 bits per heavy atom. The first-order valence-corrected chi connectivity index (χ1v) is 11.9. The molecule has 0 radical (unpaired) electrons. The Hall–Kier alpha value is -1.76. The van der Waals surface area contributed by atoms with E-state index in [1.165, 1.54) is 5.56 Å². The molecule has 2 aromatic rings. The number of hydrogen-bond donors (Lipinski definition) is 0. The number of amides is 1. The summed E-state index contributed by atoms with van der Waals surface area (Å²) in [5.74, 6) is 0.616. The quantitative estimate of drug-likeness (QED) is 0.735. The summed E-state index contributed by atoms with van der Waals surface area (Å²) in [5, 5.41) is 3.13. The lowest BCUT2D eigenvalue weighted by atomic mass is 9.78. The fourth-order valence-electron chi connectivity index (χ4n) is 4.80. The minimum absolute atomic E-state index is 0.250. The molecule has 0 unspecified atom stereocenters. The highest BCUT2D eigenvalue weighted by atomic mass is 32.1. The number of carbonyl (C=O) groups excluding carboxylic acids is 1. The summed E-state index contributed by atoms with van der Waals surface area (Å²) >= 11 is 1.70. The summed E-state index contributed by atoms with van der Waals surface area (Å²) in [4.78, 5) is 22.0. The maximum Gasteiger partial charge on any atom is 0.227 e. The van der Waals surface area contributed by atoms with Crippen LogP contribution in [0.4, 0.5) is 0 Å². The second-order valence-corrected chi connectivity index (χ2v) is 10.5. The molecular formula is C24H33N3O2S. The van der Waals surface area contributed by atoms with Gasteiger partial charge in [-0.3, -0.25) is 9.69 Å². The predicted molar refractivity (Wildman–Crippen MR) is 120 cm³/mol. The molecule has 0 N–H and O–H groups in total. The molecule has 2 fully saturated rings. The van der Waals surface area contributed by atoms with Crippen molar-refractivity contribution in [3.63, 3.8) is 0 Å². The maximum atomic E-state index is 12.7. The molecule has 4 rings (SSSR count). The third-order valence-electron chi connectivity index (χ3n) is 6.35. The van der Waals surface area contributed by atoms with Gasteiger partial charge in [0.1, 0.15) is 10.6 Å². The van der Waals surface area contributed by atoms with Crippen molar-refractivity contribution in [3.8, 4) is 0 Å². The maximum absolute atomic E-state index is 12.7. The van der Waals surface area contributed by atoms with Crippen LogP contribution in [0.2, 0.25) is 0 Å². The summed E-state index contributed by atoms with van der Waals surface area (Å²) in [6, 6.07) is 10.7. The molecule has 0 aliphatic carbocycles. The van der Waals surface area contributed by atoms with Crippen LogP contribution in [0.3, 0.4) is 0 Å². The van der Waals surface area contributed by atoms with Gasteiger partial charge in [0.15, 0.2) is 0 Å². The first-order valence-electron chi connectivity index (χ1n) is 11.0. The molecule has 6 heteroatoms. The van der Waals surface area contributed by atoms with Gasteiger partial charge >= 0.3 is 0 Å². The second kappa shape index (κ2) is 8.77. The van der Waals surface area contributed by atoms with Crippen LogP contribution in [-0.4, -0.2) is 53.5 Å². The molecule has 2 saturated heterocycles. The van der Waals surface area contributed by atoms with Gasteiger partial charge < -0.3 is 9.64 Å². The summed E-state index contributed by atoms with van der Waals surface area (Å²) in [5.41, 5.74) is 0.629. The molecule has 0 saturated carbocycles. The Labute approximate surface area is 184 Å². The van der Waals surface area contributed by atoms with Gasteiger partial charge in [-0.15, -0.1) is 11.3 Å². The summed E-state index contributed by atoms with van der Waals surface area (Å²) < 4.78 is 6.58. The van der Waals surface area contributed by atoms with Crippen LogP contribution in [-0.2, 0) is 21.7 Å². The SMILES string of the molecule is CC(C)(C)C(=O)N1CCC([C@]2(c3nccs3)CN(Cc3ccccc3)CCO2)CC1. The highest BCUT2D eigenvalue weighted by Gasteiger charge is 2.48. The predicted octanol–water partition coefficient (Wildman–Crippen LogP) is 4.16. The molecule has 1 atom stereocenters. The number of benzene rings is 1. The standard InChI is InChI=1S/C24H33N3O2S/c1-23(2,3)22(28)27-12-9-20(10-13-27)24(21-25-11-16-30-21)18-26(14-15-29-24)17-19-7-5-4-6-8-19/h4-8,11,16,20H,9-10,12-15,17-18H2,1-3H3/t24-/m0/s1. The van der Waals surface area contributed by atoms with Crippen molar-refractivity contribution in [2.24, 2.45) is 11.3 Å². The van der Waals surface area contributed by atoms with Gasteiger partial charge in [-0.05, 0) is 24.3 Å². The van der Waals surface area contributed by atoms with Crippen molar-refractivity contribution in [2.75, 3.05) is 32.8 Å². The molecule has 2 aliphatic rings. The molecule has 5 nitrogen and oxygen atoms in total. The Morgan fingerprint density at radius 1 is 1.20 bits per heavy atom. The van der Waals surface area contributed by atoms with E-state index in [9.17, 15) is 4.79 Å². The fraction of sp³-hybridized carbons (Fsp3) is 0.583. The van der Waals surface area contributed by atoms with Gasteiger partial charge in [0, 0.05) is 49.7 Å². The van der Waals surface area contributed by atoms with E-state index in [1.54, 1.807) is 11.3 Å². The van der Waals surface area contributed by atoms with Crippen molar-refractivity contribution in [2.45, 2.75) is 45.8 Å². The number of ether oxygens (including phenoxy) is 1. The van der Waals surface area contributed by atoms with Crippen molar-refractivity contribution >= 4 is 17.2 Å². The number of aromatic nitrogens is 1. The Bertz CT molecular complexity index is 826. The third-order valence-corrected chi connectivity index (χ3v) is 7.28. The molecule has 162 valence electrons. The number of hydrogen-bond acceptors (Lipinski definition) is 5. The molecule has 1 aromatic heterocycles. The van der Waals surface area contributed by atoms with Crippen molar-refractivity contribution in [1.29, 1.82) is 0 Å². The first-order chi connectivity index (χ1) is 14.4. The number of morpholine rings is 1. The van der Waals surface area contributed by atoms with Crippen LogP contribution >= 0.6 is 11.3 Å². The van der Waals surface area contributed by atoms with Crippen LogP contribution in [0.5, 0.6) is 0 Å². The third kappa shape index (κ3) is 4.46. The zero-order chi connectivity index (χ0) is 21.2. The number of piperidine rings is 1. The van der Waals surface area contributed by atoms with Crippen LogP contribution in [0.1, 0.15) is 44.2 Å². The van der Waals surface area contributed by atoms with Crippen molar-refractivity contribution < 1.29 is 9.53 Å². The van der Waals surface area contributed by atoms with Crippen molar-refractivity contribution in [1.82, 2.24) is 14.8 Å². The molecule has 1 amide bonds. The van der Waals surface area contributed by atoms with Gasteiger partial charge in [-0.2, -0.15) is 0 Å². The average molecular weight is 428 g/mol. The zero-order valence-electron chi connectivity index (χ0n) is 18.3. The molecule has 0 spiro atoms. The Morgan fingerprint density at radius 3 is 2.57 bits per heavy atom. The normalized spacial score (nSPS) is 24.2. The van der Waals surface area contributed by atoms with E-state index in [0.717, 1.165) is 50.6 Å². The molecule has 1 aromatic carbocycles. The second-order valence-electron chi connectivity index (χ2n) is 9.59. The van der Waals surface area contributed by atoms with E-state index in [-0.39, 0.29) is 16.9 Å². The zero-order valence-corrected chi connectivity index (χ0v) is 19.2. The highest BCUT2D eigenvalue weighted by Crippen LogP contribution is 2.43. The number of likely N-dealkylation sites (tertiary alicyclic amines) is 1. The highest BCUT2D eigenvalue weighted by molar-refractivity contribution is 7.09. The van der Waals surface area contributed by atoms with Gasteiger partial charge in [0.2, 0.25) is 5.91 Å². The molecule has 30 heavy (non-hydrogen) atoms. The van der Waals surface area contributed by atoms with E-state index in [1.807, 2.05) is 31.9 Å². The summed E-state index contributed by atoms with van der Waals surface area (Å²) in [7, 11) is 0. The largest absolute Gasteiger partial charge is 0.365 e. The van der Waals surface area contributed by atoms with Gasteiger partial charge in [-0.1, -0.05) is 51.1 Å². The van der Waals surface area contributed by atoms with Crippen molar-refractivity contribution in [3.05, 3.63) is 52.5 Å². The number of thiazole rings is 1. The number of rotatable bonds is 4. The Balaban J connectivity index is 1.52. The fourth-order valence-corrected chi connectivity index (χ4v) is 5.66. The van der Waals surface area contributed by atoms with E-state index < -0.39 is 0 Å². The van der Waals surface area contributed by atoms with Crippen LogP contribution in [0, 0.1) is 11.3 Å². The van der Waals surface area contributed by atoms with E-state index in [4.69, 9.17) is 9.72 Å². The van der Waals surface area contributed by atoms with E-state index in [0.29, 0.717) is 12.5 Å². The topological polar surface area (TPSA) is 45.7 Å². The number of nitrogens with zero attached hydrogens (tertiary/aromatic N) is 3. The van der Waals surface area contributed by atoms with Gasteiger partial charge in [0.25, 0.3) is 0 Å². The van der Waals surface area contributed by atoms with Crippen LogP contribution in [0.15, 0.2) is 41.9 Å². The summed E-state index contributed by atoms with van der Waals surface area (Å²) in [6.07, 6.45) is 3.81. The van der Waals surface area contributed by atoms with Gasteiger partial charge in [-0.25, -0.2) is 4.98 Å². The van der Waals surface area contributed by atoms with Crippen LogP contribution in [0.25, 0.3) is 0 Å². The first kappa shape index (κ1) is 21.5. The average Bonchev–Trinajstić information content (AvgIpc) is 3.29. The van der Waals surface area contributed by atoms with E-state index in [2.05, 4.69) is 40.6 Å². The van der Waals surface area contributed by atoms with E-state index >= 15 is 0 Å². The minimum atomic E-state index is -0.377. The molecule has 3 heterocycles. The lowest BCUT2D eigenvalue weighted by Gasteiger charge is -2.49.